The van der Waals surface area contributed by atoms with Crippen LogP contribution in [0.5, 0.6) is 34.5 Å². The van der Waals surface area contributed by atoms with Gasteiger partial charge < -0.3 is 30.0 Å². The number of ketones is 1. The highest BCUT2D eigenvalue weighted by molar-refractivity contribution is 9.10. The van der Waals surface area contributed by atoms with Crippen LogP contribution in [-0.2, 0) is 4.79 Å². The molecule has 72 heavy (non-hydrogen) atoms. The number of urea groups is 1. The summed E-state index contributed by atoms with van der Waals surface area (Å²) in [7, 11) is 2.99. The van der Waals surface area contributed by atoms with E-state index >= 15 is 0 Å². The Morgan fingerprint density at radius 3 is 1.76 bits per heavy atom. The van der Waals surface area contributed by atoms with Gasteiger partial charge in [-0.25, -0.2) is 27.2 Å². The normalized spacial score (nSPS) is 12.8. The Morgan fingerprint density at radius 2 is 1.32 bits per heavy atom. The quantitative estimate of drug-likeness (QED) is 0.0286. The van der Waals surface area contributed by atoms with Crippen LogP contribution in [0.15, 0.2) is 74.7 Å². The van der Waals surface area contributed by atoms with E-state index in [4.69, 9.17) is 70.8 Å². The van der Waals surface area contributed by atoms with E-state index in [0.29, 0.717) is 55.6 Å². The summed E-state index contributed by atoms with van der Waals surface area (Å²) in [6, 6.07) is 14.4. The molecule has 0 aliphatic heterocycles. The number of H-pyrrole nitrogens is 1. The summed E-state index contributed by atoms with van der Waals surface area (Å²) < 4.78 is 72.6. The van der Waals surface area contributed by atoms with Gasteiger partial charge in [-0.15, -0.1) is 0 Å². The molecule has 27 heteroatoms. The molecule has 1 heterocycles. The third-order valence-corrected chi connectivity index (χ3v) is 12.0. The maximum absolute atomic E-state index is 13.0. The molecule has 0 unspecified atom stereocenters. The number of hydrogen-bond donors (Lipinski definition) is 5. The van der Waals surface area contributed by atoms with Crippen LogP contribution >= 0.6 is 62.3 Å². The molecule has 0 saturated heterocycles. The first-order valence-corrected chi connectivity index (χ1v) is 23.1. The number of nitrogens with zero attached hydrogens (tertiary/aromatic N) is 2. The summed E-state index contributed by atoms with van der Waals surface area (Å²) in [6.07, 6.45) is 0.463. The molecule has 7 rings (SSSR count). The smallest absolute Gasteiger partial charge is 0.349 e. The second kappa shape index (κ2) is 26.5. The molecule has 0 atom stereocenters. The van der Waals surface area contributed by atoms with Gasteiger partial charge in [0.05, 0.1) is 51.1 Å². The average molecular weight is 1150 g/mol. The molecule has 2 aliphatic rings. The second-order valence-electron chi connectivity index (χ2n) is 15.3. The molecule has 3 radical (unpaired) electrons. The zero-order valence-corrected chi connectivity index (χ0v) is 42.2. The first kappa shape index (κ1) is 58.4. The lowest BCUT2D eigenvalue weighted by Gasteiger charge is -2.26. The minimum atomic E-state index is -3.20. The zero-order valence-electron chi connectivity index (χ0n) is 37.6. The lowest BCUT2D eigenvalue weighted by Crippen LogP contribution is -2.41. The number of rotatable bonds is 15. The van der Waals surface area contributed by atoms with Crippen molar-refractivity contribution in [1.82, 2.24) is 25.4 Å². The Labute approximate surface area is 437 Å². The van der Waals surface area contributed by atoms with Crippen molar-refractivity contribution >= 4 is 100 Å². The predicted octanol–water partition coefficient (Wildman–Crippen LogP) is 10.3. The SMILES string of the molecule is COc1ccc(Oc2c(Cl)cc(-n3nc(C(F)F)c(=O)[nH]c3=O)cc2Cl)cc1C(=O)NC1CCC1.COc1ccc(Oc2c(Cl)cc(Br)cc2Cl)cc1C(=O)CC1CCC1.N=C(C(=O)NC(N)=O)C(F)F.[B]. The Bertz CT molecular complexity index is 2920. The standard InChI is InChI=1S/C22H18Cl2F2N4O5.C19H17BrCl2O3.C4H5F2N3O2.B/c1-34-16-6-5-12(9-13(16)20(31)27-10-3-2-4-10)35-18-14(23)7-11(8-15(18)24)30-22(33)28-21(32)17(29-30)19(25)26;1-24-18-6-5-13(10-14(18)17(23)7-11-3-2-4-11)25-19-15(21)8-12(20)9-16(19)22;5-2(6)1(7)3(10)9-4(8)11;/h5-10,19H,2-4H2,1H3,(H,27,31)(H,28,32,33);5-6,8-11H,2-4,7H2,1H3;2,7H,(H3,8,9,10,11);. The van der Waals surface area contributed by atoms with E-state index in [0.717, 1.165) is 36.6 Å². The van der Waals surface area contributed by atoms with E-state index < -0.39 is 47.4 Å². The number of Topliss-reactive ketones (excluding diaryl/α,β-unsaturated/α-hetero) is 1. The highest BCUT2D eigenvalue weighted by Gasteiger charge is 2.26. The minimum Gasteiger partial charge on any atom is -0.496 e. The maximum Gasteiger partial charge on any atom is 0.349 e. The Hall–Kier alpha value is -6.14. The number of nitrogens with two attached hydrogens (primary N) is 1. The van der Waals surface area contributed by atoms with Crippen molar-refractivity contribution in [2.45, 2.75) is 63.8 Å². The van der Waals surface area contributed by atoms with Gasteiger partial charge in [-0.3, -0.25) is 34.9 Å². The molecule has 1 aromatic heterocycles. The number of alkyl halides is 4. The van der Waals surface area contributed by atoms with Crippen LogP contribution in [0.4, 0.5) is 22.4 Å². The second-order valence-corrected chi connectivity index (χ2v) is 17.8. The monoisotopic (exact) mass is 1140 g/mol. The van der Waals surface area contributed by atoms with Crippen molar-refractivity contribution in [3.8, 4) is 40.2 Å². The third kappa shape index (κ3) is 15.4. The highest BCUT2D eigenvalue weighted by atomic mass is 79.9. The number of ether oxygens (including phenoxy) is 4. The summed E-state index contributed by atoms with van der Waals surface area (Å²) in [5.41, 5.74) is 0.146. The van der Waals surface area contributed by atoms with Crippen molar-refractivity contribution < 1.29 is 55.7 Å². The van der Waals surface area contributed by atoms with Crippen LogP contribution in [0.25, 0.3) is 5.69 Å². The lowest BCUT2D eigenvalue weighted by atomic mass is 9.81. The molecule has 381 valence electrons. The molecular formula is C45H40BBrCl4F4N7O10. The number of amides is 4. The van der Waals surface area contributed by atoms with Crippen molar-refractivity contribution in [1.29, 1.82) is 5.41 Å². The minimum absolute atomic E-state index is 0. The molecule has 2 saturated carbocycles. The topological polar surface area (TPSA) is 247 Å². The average Bonchev–Trinajstić information content (AvgIpc) is 3.28. The number of aromatic amines is 1. The number of benzene rings is 4. The van der Waals surface area contributed by atoms with Gasteiger partial charge in [0.1, 0.15) is 23.0 Å². The van der Waals surface area contributed by atoms with Crippen LogP contribution < -0.4 is 46.6 Å². The van der Waals surface area contributed by atoms with Crippen LogP contribution in [0.1, 0.15) is 77.8 Å². The van der Waals surface area contributed by atoms with E-state index in [1.165, 1.54) is 37.0 Å². The van der Waals surface area contributed by atoms with E-state index in [2.05, 4.69) is 32.1 Å². The fourth-order valence-corrected chi connectivity index (χ4v) is 8.26. The summed E-state index contributed by atoms with van der Waals surface area (Å²) in [4.78, 5) is 70.9. The van der Waals surface area contributed by atoms with Crippen molar-refractivity contribution in [3.63, 3.8) is 0 Å². The Morgan fingerprint density at radius 1 is 0.819 bits per heavy atom. The van der Waals surface area contributed by atoms with Crippen LogP contribution in [0, 0.1) is 11.3 Å². The van der Waals surface area contributed by atoms with Gasteiger partial charge in [-0.2, -0.15) is 9.78 Å². The number of carbonyl (C=O) groups excluding carboxylic acids is 4. The Kier molecular flexibility index (Phi) is 21.5. The third-order valence-electron chi connectivity index (χ3n) is 10.4. The molecule has 2 aliphatic carbocycles. The van der Waals surface area contributed by atoms with Gasteiger partial charge in [0.2, 0.25) is 0 Å². The maximum atomic E-state index is 13.0. The number of methoxy groups -OCH3 is 2. The van der Waals surface area contributed by atoms with Gasteiger partial charge in [-0.05, 0) is 85.8 Å². The molecule has 0 spiro atoms. The number of carbonyl (C=O) groups is 4. The van der Waals surface area contributed by atoms with E-state index in [9.17, 15) is 46.3 Å². The van der Waals surface area contributed by atoms with Crippen molar-refractivity contribution in [2.24, 2.45) is 11.7 Å². The summed E-state index contributed by atoms with van der Waals surface area (Å²) in [5.74, 6) is 0.704. The van der Waals surface area contributed by atoms with Crippen molar-refractivity contribution in [2.75, 3.05) is 14.2 Å². The summed E-state index contributed by atoms with van der Waals surface area (Å²) >= 11 is 28.4. The van der Waals surface area contributed by atoms with Gasteiger partial charge in [0.25, 0.3) is 30.2 Å². The van der Waals surface area contributed by atoms with Crippen molar-refractivity contribution in [3.05, 3.63) is 123 Å². The molecule has 6 N–H and O–H groups in total. The van der Waals surface area contributed by atoms with Gasteiger partial charge in [-0.1, -0.05) is 81.6 Å². The number of hydrogen-bond acceptors (Lipinski definition) is 12. The molecule has 4 aromatic carbocycles. The number of imide groups is 1. The lowest BCUT2D eigenvalue weighted by molar-refractivity contribution is -0.114. The number of halogens is 9. The van der Waals surface area contributed by atoms with Gasteiger partial charge >= 0.3 is 11.7 Å². The van der Waals surface area contributed by atoms with Crippen LogP contribution in [0.2, 0.25) is 20.1 Å². The highest BCUT2D eigenvalue weighted by Crippen LogP contribution is 2.41. The van der Waals surface area contributed by atoms with Gasteiger partial charge in [0.15, 0.2) is 28.7 Å². The van der Waals surface area contributed by atoms with Crippen LogP contribution in [0.3, 0.4) is 0 Å². The number of aromatic nitrogens is 3. The Balaban J connectivity index is 0.000000265. The van der Waals surface area contributed by atoms with E-state index in [1.807, 2.05) is 0 Å². The van der Waals surface area contributed by atoms with E-state index in [-0.39, 0.29) is 58.9 Å². The molecule has 5 aromatic rings. The zero-order chi connectivity index (χ0) is 52.3. The number of nitrogens with one attached hydrogen (secondary N) is 4. The summed E-state index contributed by atoms with van der Waals surface area (Å²) in [6.45, 7) is 0. The van der Waals surface area contributed by atoms with E-state index in [1.54, 1.807) is 54.6 Å². The molecule has 4 amide bonds. The first-order chi connectivity index (χ1) is 33.6. The fourth-order valence-electron chi connectivity index (χ4n) is 6.42. The predicted molar refractivity (Wildman–Crippen MR) is 264 cm³/mol. The van der Waals surface area contributed by atoms with Crippen LogP contribution in [-0.4, -0.2) is 79.2 Å². The molecular weight excluding hydrogens is 1110 g/mol. The number of primary amides is 1. The first-order valence-electron chi connectivity index (χ1n) is 20.8. The molecule has 17 nitrogen and oxygen atoms in total. The largest absolute Gasteiger partial charge is 0.496 e. The fraction of sp³-hybridized carbons (Fsp3) is 0.289. The van der Waals surface area contributed by atoms with Gasteiger partial charge in [0, 0.05) is 25.3 Å². The molecule has 0 bridgehead atoms. The summed E-state index contributed by atoms with van der Waals surface area (Å²) in [5, 5.41) is 14.6. The molecule has 2 fully saturated rings.